The summed E-state index contributed by atoms with van der Waals surface area (Å²) < 4.78 is 5.54. The maximum atomic E-state index is 6.05. The molecule has 2 nitrogen and oxygen atoms in total. The van der Waals surface area contributed by atoms with Gasteiger partial charge in [0.15, 0.2) is 0 Å². The predicted octanol–water partition coefficient (Wildman–Crippen LogP) is 2.43. The molecule has 70 valence electrons. The Labute approximate surface area is 82.6 Å². The van der Waals surface area contributed by atoms with Crippen LogP contribution in [0.15, 0.2) is 12.1 Å². The Hall–Kier alpha value is -0.730. The van der Waals surface area contributed by atoms with Gasteiger partial charge in [-0.2, -0.15) is 0 Å². The average molecular weight is 198 g/mol. The second-order valence-corrected chi connectivity index (χ2v) is 3.76. The zero-order valence-electron chi connectivity index (χ0n) is 7.51. The summed E-state index contributed by atoms with van der Waals surface area (Å²) in [6, 6.07) is 3.86. The molecule has 0 saturated carbocycles. The third kappa shape index (κ3) is 1.40. The maximum Gasteiger partial charge on any atom is 0.128 e. The molecule has 1 aliphatic heterocycles. The van der Waals surface area contributed by atoms with Gasteiger partial charge in [0.05, 0.1) is 6.61 Å². The first kappa shape index (κ1) is 8.85. The Morgan fingerprint density at radius 3 is 3.00 bits per heavy atom. The largest absolute Gasteiger partial charge is 0.493 e. The number of hydrogen-bond donors (Lipinski definition) is 1. The van der Waals surface area contributed by atoms with E-state index in [0.717, 1.165) is 23.3 Å². The highest BCUT2D eigenvalue weighted by Crippen LogP contribution is 2.38. The number of benzene rings is 1. The van der Waals surface area contributed by atoms with Gasteiger partial charge >= 0.3 is 0 Å². The molecule has 0 aromatic heterocycles. The van der Waals surface area contributed by atoms with Gasteiger partial charge in [-0.05, 0) is 18.6 Å². The molecule has 2 rings (SSSR count). The van der Waals surface area contributed by atoms with E-state index in [1.54, 1.807) is 0 Å². The second kappa shape index (κ2) is 3.20. The number of halogens is 1. The Kier molecular flexibility index (Phi) is 2.18. The van der Waals surface area contributed by atoms with Crippen LogP contribution in [-0.2, 0) is 0 Å². The summed E-state index contributed by atoms with van der Waals surface area (Å²) in [4.78, 5) is 0. The van der Waals surface area contributed by atoms with E-state index in [-0.39, 0.29) is 6.04 Å². The van der Waals surface area contributed by atoms with Crippen molar-refractivity contribution in [3.63, 3.8) is 0 Å². The lowest BCUT2D eigenvalue weighted by Crippen LogP contribution is -2.21. The van der Waals surface area contributed by atoms with Crippen molar-refractivity contribution in [3.05, 3.63) is 28.3 Å². The Bertz CT molecular complexity index is 338. The fourth-order valence-electron chi connectivity index (χ4n) is 1.65. The first-order valence-electron chi connectivity index (χ1n) is 4.37. The highest BCUT2D eigenvalue weighted by molar-refractivity contribution is 6.31. The summed E-state index contributed by atoms with van der Waals surface area (Å²) in [7, 11) is 0. The van der Waals surface area contributed by atoms with E-state index >= 15 is 0 Å². The summed E-state index contributed by atoms with van der Waals surface area (Å²) in [5, 5.41) is 0.716. The summed E-state index contributed by atoms with van der Waals surface area (Å²) in [6.07, 6.45) is 0.843. The Balaban J connectivity index is 2.60. The molecular formula is C10H12ClNO. The van der Waals surface area contributed by atoms with Crippen molar-refractivity contribution in [3.8, 4) is 5.75 Å². The van der Waals surface area contributed by atoms with Crippen LogP contribution in [0.1, 0.15) is 23.6 Å². The third-order valence-corrected chi connectivity index (χ3v) is 2.72. The SMILES string of the molecule is Cc1ccc(Cl)c2c1OCC[C@H]2N. The lowest BCUT2D eigenvalue weighted by Gasteiger charge is -2.25. The third-order valence-electron chi connectivity index (χ3n) is 2.39. The maximum absolute atomic E-state index is 6.05. The van der Waals surface area contributed by atoms with E-state index in [1.807, 2.05) is 19.1 Å². The topological polar surface area (TPSA) is 35.2 Å². The molecule has 0 spiro atoms. The highest BCUT2D eigenvalue weighted by Gasteiger charge is 2.22. The molecule has 3 heteroatoms. The highest BCUT2D eigenvalue weighted by atomic mass is 35.5. The number of aryl methyl sites for hydroxylation is 1. The minimum Gasteiger partial charge on any atom is -0.493 e. The molecule has 0 saturated heterocycles. The zero-order valence-corrected chi connectivity index (χ0v) is 8.27. The van der Waals surface area contributed by atoms with Crippen LogP contribution in [0.5, 0.6) is 5.75 Å². The van der Waals surface area contributed by atoms with Crippen molar-refractivity contribution in [2.75, 3.05) is 6.61 Å². The lowest BCUT2D eigenvalue weighted by molar-refractivity contribution is 0.267. The molecule has 0 radical (unpaired) electrons. The second-order valence-electron chi connectivity index (χ2n) is 3.35. The predicted molar refractivity (Wildman–Crippen MR) is 53.2 cm³/mol. The molecule has 1 aliphatic rings. The van der Waals surface area contributed by atoms with E-state index < -0.39 is 0 Å². The van der Waals surface area contributed by atoms with Crippen LogP contribution < -0.4 is 10.5 Å². The zero-order chi connectivity index (χ0) is 9.42. The minimum absolute atomic E-state index is 0.0242. The number of ether oxygens (including phenoxy) is 1. The van der Waals surface area contributed by atoms with Crippen LogP contribution in [0, 0.1) is 6.92 Å². The molecule has 1 heterocycles. The molecule has 0 amide bonds. The smallest absolute Gasteiger partial charge is 0.128 e. The lowest BCUT2D eigenvalue weighted by atomic mass is 9.99. The molecule has 1 atom stereocenters. The van der Waals surface area contributed by atoms with Crippen molar-refractivity contribution in [2.24, 2.45) is 5.73 Å². The Morgan fingerprint density at radius 1 is 1.54 bits per heavy atom. The van der Waals surface area contributed by atoms with Crippen molar-refractivity contribution < 1.29 is 4.74 Å². The standard InChI is InChI=1S/C10H12ClNO/c1-6-2-3-7(11)9-8(12)4-5-13-10(6)9/h2-3,8H,4-5,12H2,1H3/t8-/m1/s1. The summed E-state index contributed by atoms with van der Waals surface area (Å²) >= 11 is 6.05. The molecular weight excluding hydrogens is 186 g/mol. The van der Waals surface area contributed by atoms with Gasteiger partial charge in [-0.1, -0.05) is 17.7 Å². The van der Waals surface area contributed by atoms with Gasteiger partial charge in [0, 0.05) is 23.0 Å². The van der Waals surface area contributed by atoms with E-state index in [1.165, 1.54) is 0 Å². The molecule has 0 aliphatic carbocycles. The van der Waals surface area contributed by atoms with Crippen LogP contribution >= 0.6 is 11.6 Å². The first-order chi connectivity index (χ1) is 6.20. The van der Waals surface area contributed by atoms with Crippen LogP contribution in [0.25, 0.3) is 0 Å². The molecule has 1 aromatic carbocycles. The minimum atomic E-state index is 0.0242. The van der Waals surface area contributed by atoms with Gasteiger partial charge in [0.25, 0.3) is 0 Å². The van der Waals surface area contributed by atoms with Crippen LogP contribution in [-0.4, -0.2) is 6.61 Å². The fourth-order valence-corrected chi connectivity index (χ4v) is 1.94. The van der Waals surface area contributed by atoms with Gasteiger partial charge in [0.2, 0.25) is 0 Å². The van der Waals surface area contributed by atoms with Gasteiger partial charge in [0.1, 0.15) is 5.75 Å². The average Bonchev–Trinajstić information content (AvgIpc) is 2.12. The molecule has 13 heavy (non-hydrogen) atoms. The van der Waals surface area contributed by atoms with E-state index in [2.05, 4.69) is 0 Å². The molecule has 2 N–H and O–H groups in total. The van der Waals surface area contributed by atoms with Crippen molar-refractivity contribution in [1.82, 2.24) is 0 Å². The van der Waals surface area contributed by atoms with E-state index in [9.17, 15) is 0 Å². The van der Waals surface area contributed by atoms with Crippen LogP contribution in [0.4, 0.5) is 0 Å². The van der Waals surface area contributed by atoms with Crippen molar-refractivity contribution in [1.29, 1.82) is 0 Å². The number of nitrogens with two attached hydrogens (primary N) is 1. The summed E-state index contributed by atoms with van der Waals surface area (Å²) in [5.74, 6) is 0.881. The van der Waals surface area contributed by atoms with Crippen molar-refractivity contribution in [2.45, 2.75) is 19.4 Å². The summed E-state index contributed by atoms with van der Waals surface area (Å²) in [6.45, 7) is 2.70. The quantitative estimate of drug-likeness (QED) is 0.694. The van der Waals surface area contributed by atoms with Gasteiger partial charge in [-0.25, -0.2) is 0 Å². The van der Waals surface area contributed by atoms with Crippen LogP contribution in [0.3, 0.4) is 0 Å². The first-order valence-corrected chi connectivity index (χ1v) is 4.75. The molecule has 0 bridgehead atoms. The van der Waals surface area contributed by atoms with Crippen molar-refractivity contribution >= 4 is 11.6 Å². The molecule has 0 fully saturated rings. The molecule has 0 unspecified atom stereocenters. The van der Waals surface area contributed by atoms with Gasteiger partial charge in [-0.3, -0.25) is 0 Å². The van der Waals surface area contributed by atoms with Crippen LogP contribution in [0.2, 0.25) is 5.02 Å². The number of rotatable bonds is 0. The number of fused-ring (bicyclic) bond motifs is 1. The van der Waals surface area contributed by atoms with E-state index in [4.69, 9.17) is 22.1 Å². The fraction of sp³-hybridized carbons (Fsp3) is 0.400. The number of hydrogen-bond acceptors (Lipinski definition) is 2. The van der Waals surface area contributed by atoms with Gasteiger partial charge < -0.3 is 10.5 Å². The normalized spacial score (nSPS) is 20.7. The van der Waals surface area contributed by atoms with E-state index in [0.29, 0.717) is 11.6 Å². The Morgan fingerprint density at radius 2 is 2.31 bits per heavy atom. The monoisotopic (exact) mass is 197 g/mol. The van der Waals surface area contributed by atoms with Gasteiger partial charge in [-0.15, -0.1) is 0 Å². The summed E-state index contributed by atoms with van der Waals surface area (Å²) in [5.41, 5.74) is 8.02. The molecule has 1 aromatic rings.